The first-order chi connectivity index (χ1) is 10.4. The van der Waals surface area contributed by atoms with Crippen molar-refractivity contribution in [1.82, 2.24) is 10.6 Å². The molecule has 1 aliphatic rings. The third-order valence-electron chi connectivity index (χ3n) is 4.00. The molecule has 2 unspecified atom stereocenters. The van der Waals surface area contributed by atoms with Gasteiger partial charge in [0.25, 0.3) is 0 Å². The van der Waals surface area contributed by atoms with Gasteiger partial charge in [-0.15, -0.1) is 0 Å². The standard InChI is InChI=1S/C16H21F3N2O/c1-11(12-4-6-13(7-5-12)16(17,18)19)21-15(22)9-8-14-3-2-10-20-14/h4-7,11,14,20H,2-3,8-10H2,1H3,(H,21,22). The molecule has 2 N–H and O–H groups in total. The SMILES string of the molecule is CC(NC(=O)CCC1CCCN1)c1ccc(C(F)(F)F)cc1. The fourth-order valence-electron chi connectivity index (χ4n) is 2.67. The maximum atomic E-state index is 12.5. The number of hydrogen-bond donors (Lipinski definition) is 2. The highest BCUT2D eigenvalue weighted by atomic mass is 19.4. The summed E-state index contributed by atoms with van der Waals surface area (Å²) in [5.74, 6) is -0.0684. The van der Waals surface area contributed by atoms with Crippen molar-refractivity contribution in [1.29, 1.82) is 0 Å². The van der Waals surface area contributed by atoms with Crippen LogP contribution in [0.3, 0.4) is 0 Å². The number of carbonyl (C=O) groups excluding carboxylic acids is 1. The first kappa shape index (κ1) is 16.8. The molecule has 22 heavy (non-hydrogen) atoms. The molecule has 2 rings (SSSR count). The summed E-state index contributed by atoms with van der Waals surface area (Å²) in [5.41, 5.74) is -0.0116. The van der Waals surface area contributed by atoms with E-state index in [0.29, 0.717) is 18.0 Å². The molecule has 0 saturated carbocycles. The molecule has 1 aromatic rings. The zero-order chi connectivity index (χ0) is 16.2. The predicted molar refractivity (Wildman–Crippen MR) is 78.3 cm³/mol. The Morgan fingerprint density at radius 2 is 2.05 bits per heavy atom. The van der Waals surface area contributed by atoms with E-state index in [1.807, 2.05) is 0 Å². The third kappa shape index (κ3) is 4.73. The lowest BCUT2D eigenvalue weighted by molar-refractivity contribution is -0.137. The zero-order valence-corrected chi connectivity index (χ0v) is 12.5. The molecule has 1 aliphatic heterocycles. The van der Waals surface area contributed by atoms with E-state index in [-0.39, 0.29) is 11.9 Å². The summed E-state index contributed by atoms with van der Waals surface area (Å²) in [6, 6.07) is 5.01. The molecular formula is C16H21F3N2O. The Morgan fingerprint density at radius 3 is 2.59 bits per heavy atom. The van der Waals surface area contributed by atoms with Crippen LogP contribution in [0.15, 0.2) is 24.3 Å². The minimum atomic E-state index is -4.33. The summed E-state index contributed by atoms with van der Waals surface area (Å²) in [5, 5.41) is 6.16. The Hall–Kier alpha value is -1.56. The minimum absolute atomic E-state index is 0.0684. The number of amides is 1. The zero-order valence-electron chi connectivity index (χ0n) is 12.5. The van der Waals surface area contributed by atoms with Crippen molar-refractivity contribution >= 4 is 5.91 Å². The number of carbonyl (C=O) groups is 1. The molecule has 1 amide bonds. The van der Waals surface area contributed by atoms with E-state index < -0.39 is 11.7 Å². The third-order valence-corrected chi connectivity index (χ3v) is 4.00. The van der Waals surface area contributed by atoms with Crippen molar-refractivity contribution in [2.75, 3.05) is 6.54 Å². The van der Waals surface area contributed by atoms with Crippen molar-refractivity contribution in [3.05, 3.63) is 35.4 Å². The summed E-state index contributed by atoms with van der Waals surface area (Å²) in [6.07, 6.45) is -0.858. The molecule has 1 fully saturated rings. The highest BCUT2D eigenvalue weighted by Crippen LogP contribution is 2.29. The Balaban J connectivity index is 1.83. The van der Waals surface area contributed by atoms with Crippen molar-refractivity contribution in [3.63, 3.8) is 0 Å². The number of hydrogen-bond acceptors (Lipinski definition) is 2. The van der Waals surface area contributed by atoms with Crippen molar-refractivity contribution in [2.24, 2.45) is 0 Å². The van der Waals surface area contributed by atoms with Crippen LogP contribution in [0, 0.1) is 0 Å². The van der Waals surface area contributed by atoms with Gasteiger partial charge in [-0.25, -0.2) is 0 Å². The molecule has 2 atom stereocenters. The minimum Gasteiger partial charge on any atom is -0.350 e. The van der Waals surface area contributed by atoms with Gasteiger partial charge in [-0.1, -0.05) is 12.1 Å². The molecule has 0 aromatic heterocycles. The van der Waals surface area contributed by atoms with Gasteiger partial charge < -0.3 is 10.6 Å². The van der Waals surface area contributed by atoms with Crippen LogP contribution in [0.5, 0.6) is 0 Å². The van der Waals surface area contributed by atoms with Gasteiger partial charge in [-0.2, -0.15) is 13.2 Å². The van der Waals surface area contributed by atoms with E-state index in [4.69, 9.17) is 0 Å². The molecule has 0 spiro atoms. The van der Waals surface area contributed by atoms with Gasteiger partial charge in [0.2, 0.25) is 5.91 Å². The summed E-state index contributed by atoms with van der Waals surface area (Å²) < 4.78 is 37.5. The second-order valence-corrected chi connectivity index (χ2v) is 5.74. The van der Waals surface area contributed by atoms with Gasteiger partial charge in [0.15, 0.2) is 0 Å². The predicted octanol–water partition coefficient (Wildman–Crippen LogP) is 3.41. The van der Waals surface area contributed by atoms with Crippen LogP contribution >= 0.6 is 0 Å². The number of benzene rings is 1. The topological polar surface area (TPSA) is 41.1 Å². The lowest BCUT2D eigenvalue weighted by Gasteiger charge is -2.16. The summed E-state index contributed by atoms with van der Waals surface area (Å²) in [4.78, 5) is 11.9. The van der Waals surface area contributed by atoms with Crippen LogP contribution in [0.25, 0.3) is 0 Å². The van der Waals surface area contributed by atoms with E-state index >= 15 is 0 Å². The van der Waals surface area contributed by atoms with Crippen LogP contribution < -0.4 is 10.6 Å². The normalized spacial score (nSPS) is 19.9. The number of nitrogens with one attached hydrogen (secondary N) is 2. The smallest absolute Gasteiger partial charge is 0.350 e. The number of rotatable bonds is 5. The summed E-state index contributed by atoms with van der Waals surface area (Å²) in [6.45, 7) is 2.78. The maximum Gasteiger partial charge on any atom is 0.416 e. The van der Waals surface area contributed by atoms with Gasteiger partial charge in [0, 0.05) is 12.5 Å². The fourth-order valence-corrected chi connectivity index (χ4v) is 2.67. The Labute approximate surface area is 128 Å². The second-order valence-electron chi connectivity index (χ2n) is 5.74. The molecule has 6 heteroatoms. The van der Waals surface area contributed by atoms with Crippen LogP contribution in [-0.4, -0.2) is 18.5 Å². The fraction of sp³-hybridized carbons (Fsp3) is 0.562. The lowest BCUT2D eigenvalue weighted by Crippen LogP contribution is -2.29. The molecule has 3 nitrogen and oxygen atoms in total. The van der Waals surface area contributed by atoms with E-state index in [2.05, 4.69) is 10.6 Å². The highest BCUT2D eigenvalue weighted by molar-refractivity contribution is 5.76. The van der Waals surface area contributed by atoms with E-state index in [1.165, 1.54) is 12.1 Å². The van der Waals surface area contributed by atoms with Crippen LogP contribution in [0.2, 0.25) is 0 Å². The molecular weight excluding hydrogens is 293 g/mol. The quantitative estimate of drug-likeness (QED) is 0.874. The van der Waals surface area contributed by atoms with Crippen molar-refractivity contribution in [2.45, 2.75) is 50.9 Å². The van der Waals surface area contributed by atoms with Crippen molar-refractivity contribution in [3.8, 4) is 0 Å². The summed E-state index contributed by atoms with van der Waals surface area (Å²) >= 11 is 0. The van der Waals surface area contributed by atoms with Crippen LogP contribution in [-0.2, 0) is 11.0 Å². The van der Waals surface area contributed by atoms with Crippen molar-refractivity contribution < 1.29 is 18.0 Å². The van der Waals surface area contributed by atoms with Gasteiger partial charge >= 0.3 is 6.18 Å². The second kappa shape index (κ2) is 7.13. The highest BCUT2D eigenvalue weighted by Gasteiger charge is 2.30. The Kier molecular flexibility index (Phi) is 5.45. The lowest BCUT2D eigenvalue weighted by atomic mass is 10.0. The molecule has 122 valence electrons. The van der Waals surface area contributed by atoms with Gasteiger partial charge in [-0.3, -0.25) is 4.79 Å². The van der Waals surface area contributed by atoms with Crippen LogP contribution in [0.1, 0.15) is 49.8 Å². The molecule has 1 aromatic carbocycles. The Morgan fingerprint density at radius 1 is 1.36 bits per heavy atom. The van der Waals surface area contributed by atoms with Gasteiger partial charge in [0.05, 0.1) is 11.6 Å². The maximum absolute atomic E-state index is 12.5. The number of halogens is 3. The largest absolute Gasteiger partial charge is 0.416 e. The average molecular weight is 314 g/mol. The monoisotopic (exact) mass is 314 g/mol. The molecule has 1 heterocycles. The molecule has 0 bridgehead atoms. The molecule has 0 aliphatic carbocycles. The van der Waals surface area contributed by atoms with E-state index in [1.54, 1.807) is 6.92 Å². The van der Waals surface area contributed by atoms with Gasteiger partial charge in [0.1, 0.15) is 0 Å². The average Bonchev–Trinajstić information content (AvgIpc) is 2.97. The molecule has 1 saturated heterocycles. The van der Waals surface area contributed by atoms with E-state index in [9.17, 15) is 18.0 Å². The first-order valence-corrected chi connectivity index (χ1v) is 7.56. The van der Waals surface area contributed by atoms with Gasteiger partial charge in [-0.05, 0) is 50.4 Å². The molecule has 0 radical (unpaired) electrons. The first-order valence-electron chi connectivity index (χ1n) is 7.56. The Bertz CT molecular complexity index is 493. The van der Waals surface area contributed by atoms with Crippen LogP contribution in [0.4, 0.5) is 13.2 Å². The van der Waals surface area contributed by atoms with E-state index in [0.717, 1.165) is 37.9 Å². The summed E-state index contributed by atoms with van der Waals surface area (Å²) in [7, 11) is 0. The number of alkyl halides is 3.